The quantitative estimate of drug-likeness (QED) is 0.911. The standard InChI is InChI=1S/C15H15F2N3O2/c1-9(10-3-5-12(16)13(17)7-10)19-15(21)20-11-4-6-14(22-2)18-8-11/h3-9H,1-2H3,(H2,19,20,21). The first-order valence-electron chi connectivity index (χ1n) is 6.52. The molecule has 1 heterocycles. The highest BCUT2D eigenvalue weighted by atomic mass is 19.2. The van der Waals surface area contributed by atoms with Crippen LogP contribution in [0.2, 0.25) is 0 Å². The van der Waals surface area contributed by atoms with E-state index in [1.54, 1.807) is 19.1 Å². The molecule has 0 bridgehead atoms. The van der Waals surface area contributed by atoms with Crippen molar-refractivity contribution in [2.75, 3.05) is 12.4 Å². The molecule has 0 saturated carbocycles. The maximum atomic E-state index is 13.2. The number of carbonyl (C=O) groups is 1. The molecule has 2 amide bonds. The second-order valence-electron chi connectivity index (χ2n) is 4.58. The van der Waals surface area contributed by atoms with Crippen LogP contribution >= 0.6 is 0 Å². The largest absolute Gasteiger partial charge is 0.481 e. The monoisotopic (exact) mass is 307 g/mol. The molecule has 1 unspecified atom stereocenters. The lowest BCUT2D eigenvalue weighted by Gasteiger charge is -2.15. The molecule has 0 fully saturated rings. The van der Waals surface area contributed by atoms with Crippen LogP contribution in [0.3, 0.4) is 0 Å². The van der Waals surface area contributed by atoms with Gasteiger partial charge in [0.2, 0.25) is 5.88 Å². The van der Waals surface area contributed by atoms with E-state index >= 15 is 0 Å². The van der Waals surface area contributed by atoms with Gasteiger partial charge in [-0.25, -0.2) is 18.6 Å². The van der Waals surface area contributed by atoms with Gasteiger partial charge in [-0.3, -0.25) is 0 Å². The van der Waals surface area contributed by atoms with E-state index in [2.05, 4.69) is 15.6 Å². The highest BCUT2D eigenvalue weighted by Crippen LogP contribution is 2.16. The summed E-state index contributed by atoms with van der Waals surface area (Å²) in [7, 11) is 1.49. The maximum absolute atomic E-state index is 13.2. The topological polar surface area (TPSA) is 63.2 Å². The van der Waals surface area contributed by atoms with Crippen LogP contribution in [-0.4, -0.2) is 18.1 Å². The minimum Gasteiger partial charge on any atom is -0.481 e. The van der Waals surface area contributed by atoms with Crippen LogP contribution in [0.1, 0.15) is 18.5 Å². The molecule has 7 heteroatoms. The van der Waals surface area contributed by atoms with Gasteiger partial charge in [0.05, 0.1) is 25.0 Å². The molecule has 0 aliphatic rings. The molecule has 2 rings (SSSR count). The molecule has 0 radical (unpaired) electrons. The third kappa shape index (κ3) is 3.91. The number of anilines is 1. The number of hydrogen-bond donors (Lipinski definition) is 2. The summed E-state index contributed by atoms with van der Waals surface area (Å²) in [4.78, 5) is 15.8. The molecule has 0 aliphatic heterocycles. The van der Waals surface area contributed by atoms with Gasteiger partial charge in [0.1, 0.15) is 0 Å². The van der Waals surface area contributed by atoms with E-state index < -0.39 is 23.7 Å². The molecule has 116 valence electrons. The van der Waals surface area contributed by atoms with E-state index in [-0.39, 0.29) is 0 Å². The normalized spacial score (nSPS) is 11.6. The Morgan fingerprint density at radius 3 is 2.59 bits per heavy atom. The van der Waals surface area contributed by atoms with Gasteiger partial charge in [-0.1, -0.05) is 6.07 Å². The van der Waals surface area contributed by atoms with E-state index in [1.807, 2.05) is 0 Å². The average Bonchev–Trinajstić information content (AvgIpc) is 2.50. The smallest absolute Gasteiger partial charge is 0.319 e. The van der Waals surface area contributed by atoms with Crippen molar-refractivity contribution in [3.8, 4) is 5.88 Å². The Balaban J connectivity index is 1.96. The number of pyridine rings is 1. The summed E-state index contributed by atoms with van der Waals surface area (Å²) in [5.74, 6) is -1.45. The van der Waals surface area contributed by atoms with E-state index in [4.69, 9.17) is 4.74 Å². The van der Waals surface area contributed by atoms with Crippen LogP contribution in [-0.2, 0) is 0 Å². The number of carbonyl (C=O) groups excluding carboxylic acids is 1. The predicted molar refractivity (Wildman–Crippen MR) is 77.7 cm³/mol. The van der Waals surface area contributed by atoms with Crippen molar-refractivity contribution < 1.29 is 18.3 Å². The molecule has 0 aliphatic carbocycles. The Hall–Kier alpha value is -2.70. The molecule has 2 aromatic rings. The highest BCUT2D eigenvalue weighted by Gasteiger charge is 2.12. The van der Waals surface area contributed by atoms with Gasteiger partial charge in [-0.05, 0) is 30.7 Å². The van der Waals surface area contributed by atoms with E-state index in [1.165, 1.54) is 19.4 Å². The zero-order valence-corrected chi connectivity index (χ0v) is 12.1. The van der Waals surface area contributed by atoms with Gasteiger partial charge in [0.25, 0.3) is 0 Å². The number of benzene rings is 1. The number of nitrogens with one attached hydrogen (secondary N) is 2. The van der Waals surface area contributed by atoms with Crippen molar-refractivity contribution in [2.24, 2.45) is 0 Å². The van der Waals surface area contributed by atoms with Crippen LogP contribution in [0.25, 0.3) is 0 Å². The Labute approximate surface area is 126 Å². The third-order valence-corrected chi connectivity index (χ3v) is 2.99. The summed E-state index contributed by atoms with van der Waals surface area (Å²) in [6.45, 7) is 1.67. The van der Waals surface area contributed by atoms with Crippen molar-refractivity contribution in [3.63, 3.8) is 0 Å². The van der Waals surface area contributed by atoms with Crippen LogP contribution in [0, 0.1) is 11.6 Å². The minimum atomic E-state index is -0.953. The summed E-state index contributed by atoms with van der Waals surface area (Å²) < 4.78 is 31.0. The van der Waals surface area contributed by atoms with Gasteiger partial charge in [0.15, 0.2) is 11.6 Å². The maximum Gasteiger partial charge on any atom is 0.319 e. The Morgan fingerprint density at radius 1 is 1.23 bits per heavy atom. The van der Waals surface area contributed by atoms with Crippen molar-refractivity contribution >= 4 is 11.7 Å². The number of nitrogens with zero attached hydrogens (tertiary/aromatic N) is 1. The second kappa shape index (κ2) is 6.84. The molecule has 2 N–H and O–H groups in total. The van der Waals surface area contributed by atoms with Gasteiger partial charge in [0, 0.05) is 6.07 Å². The zero-order valence-electron chi connectivity index (χ0n) is 12.1. The first-order chi connectivity index (χ1) is 10.5. The summed E-state index contributed by atoms with van der Waals surface area (Å²) in [5.41, 5.74) is 0.942. The highest BCUT2D eigenvalue weighted by molar-refractivity contribution is 5.89. The Kier molecular flexibility index (Phi) is 4.88. The fourth-order valence-corrected chi connectivity index (χ4v) is 1.80. The number of methoxy groups -OCH3 is 1. The predicted octanol–water partition coefficient (Wildman–Crippen LogP) is 3.25. The molecule has 0 saturated heterocycles. The minimum absolute atomic E-state index is 0.432. The summed E-state index contributed by atoms with van der Waals surface area (Å²) in [6.07, 6.45) is 1.45. The number of hydrogen-bond acceptors (Lipinski definition) is 3. The molecule has 5 nitrogen and oxygen atoms in total. The van der Waals surface area contributed by atoms with Gasteiger partial charge < -0.3 is 15.4 Å². The second-order valence-corrected chi connectivity index (χ2v) is 4.58. The number of urea groups is 1. The first kappa shape index (κ1) is 15.7. The molecule has 1 aromatic heterocycles. The van der Waals surface area contributed by atoms with Gasteiger partial charge >= 0.3 is 6.03 Å². The summed E-state index contributed by atoms with van der Waals surface area (Å²) in [6, 6.07) is 5.76. The van der Waals surface area contributed by atoms with Crippen LogP contribution in [0.5, 0.6) is 5.88 Å². The SMILES string of the molecule is COc1ccc(NC(=O)NC(C)c2ccc(F)c(F)c2)cn1. The third-order valence-electron chi connectivity index (χ3n) is 2.99. The van der Waals surface area contributed by atoms with Crippen LogP contribution in [0.15, 0.2) is 36.5 Å². The Morgan fingerprint density at radius 2 is 2.00 bits per heavy atom. The van der Waals surface area contributed by atoms with E-state index in [9.17, 15) is 13.6 Å². The fourth-order valence-electron chi connectivity index (χ4n) is 1.80. The fraction of sp³-hybridized carbons (Fsp3) is 0.200. The van der Waals surface area contributed by atoms with Crippen LogP contribution < -0.4 is 15.4 Å². The summed E-state index contributed by atoms with van der Waals surface area (Å²) >= 11 is 0. The van der Waals surface area contributed by atoms with E-state index in [0.29, 0.717) is 17.1 Å². The number of ether oxygens (including phenoxy) is 1. The lowest BCUT2D eigenvalue weighted by Crippen LogP contribution is -2.31. The van der Waals surface area contributed by atoms with Crippen molar-refractivity contribution in [1.82, 2.24) is 10.3 Å². The van der Waals surface area contributed by atoms with Crippen molar-refractivity contribution in [1.29, 1.82) is 0 Å². The first-order valence-corrected chi connectivity index (χ1v) is 6.52. The molecule has 1 atom stereocenters. The lowest BCUT2D eigenvalue weighted by atomic mass is 10.1. The van der Waals surface area contributed by atoms with Crippen molar-refractivity contribution in [3.05, 3.63) is 53.7 Å². The number of aromatic nitrogens is 1. The molecule has 1 aromatic carbocycles. The number of amides is 2. The average molecular weight is 307 g/mol. The molecular formula is C15H15F2N3O2. The van der Waals surface area contributed by atoms with Gasteiger partial charge in [-0.15, -0.1) is 0 Å². The number of rotatable bonds is 4. The lowest BCUT2D eigenvalue weighted by molar-refractivity contribution is 0.249. The number of halogens is 2. The molecule has 0 spiro atoms. The van der Waals surface area contributed by atoms with E-state index in [0.717, 1.165) is 12.1 Å². The van der Waals surface area contributed by atoms with Crippen molar-refractivity contribution in [2.45, 2.75) is 13.0 Å². The zero-order chi connectivity index (χ0) is 16.1. The molecular weight excluding hydrogens is 292 g/mol. The summed E-state index contributed by atoms with van der Waals surface area (Å²) in [5, 5.41) is 5.21. The van der Waals surface area contributed by atoms with Gasteiger partial charge in [-0.2, -0.15) is 0 Å². The Bertz CT molecular complexity index is 662. The van der Waals surface area contributed by atoms with Crippen LogP contribution in [0.4, 0.5) is 19.3 Å². The molecule has 22 heavy (non-hydrogen) atoms.